The molecule has 0 unspecified atom stereocenters. The van der Waals surface area contributed by atoms with Crippen molar-refractivity contribution >= 4 is 34.4 Å². The van der Waals surface area contributed by atoms with Gasteiger partial charge in [0, 0.05) is 10.4 Å². The summed E-state index contributed by atoms with van der Waals surface area (Å²) in [5.74, 6) is -0.696. The summed E-state index contributed by atoms with van der Waals surface area (Å²) < 4.78 is 10.5. The Morgan fingerprint density at radius 1 is 1.04 bits per heavy atom. The number of carbonyl (C=O) groups excluding carboxylic acids is 2. The molecule has 2 aromatic carbocycles. The molecule has 122 valence electrons. The van der Waals surface area contributed by atoms with Gasteiger partial charge in [-0.05, 0) is 30.3 Å². The fourth-order valence-electron chi connectivity index (χ4n) is 2.19. The number of benzene rings is 2. The largest absolute Gasteiger partial charge is 0.496 e. The van der Waals surface area contributed by atoms with Crippen LogP contribution in [0.3, 0.4) is 0 Å². The van der Waals surface area contributed by atoms with Gasteiger partial charge in [-0.15, -0.1) is 0 Å². The summed E-state index contributed by atoms with van der Waals surface area (Å²) in [6.07, 6.45) is 0. The van der Waals surface area contributed by atoms with E-state index < -0.39 is 11.8 Å². The lowest BCUT2D eigenvalue weighted by atomic mass is 10.2. The highest BCUT2D eigenvalue weighted by Gasteiger charge is 2.16. The maximum Gasteiger partial charge on any atom is 0.305 e. The van der Waals surface area contributed by atoms with Crippen LogP contribution in [0, 0.1) is 0 Å². The van der Waals surface area contributed by atoms with Gasteiger partial charge in [0.15, 0.2) is 5.76 Å². The van der Waals surface area contributed by atoms with Crippen molar-refractivity contribution in [3.8, 4) is 5.75 Å². The van der Waals surface area contributed by atoms with Crippen LogP contribution < -0.4 is 15.6 Å². The Bertz CT molecular complexity index is 887. The summed E-state index contributed by atoms with van der Waals surface area (Å²) in [7, 11) is 1.43. The molecule has 0 atom stereocenters. The van der Waals surface area contributed by atoms with Gasteiger partial charge in [0.05, 0.1) is 12.7 Å². The van der Waals surface area contributed by atoms with Gasteiger partial charge in [0.25, 0.3) is 5.91 Å². The Morgan fingerprint density at radius 2 is 1.79 bits per heavy atom. The molecular weight excluding hydrogens is 332 g/mol. The molecule has 0 saturated carbocycles. The van der Waals surface area contributed by atoms with Gasteiger partial charge in [-0.1, -0.05) is 29.8 Å². The number of furan rings is 1. The number of amides is 2. The van der Waals surface area contributed by atoms with Crippen LogP contribution in [0.25, 0.3) is 11.0 Å². The second-order valence-corrected chi connectivity index (χ2v) is 5.34. The topological polar surface area (TPSA) is 80.6 Å². The smallest absolute Gasteiger partial charge is 0.305 e. The lowest BCUT2D eigenvalue weighted by Crippen LogP contribution is -2.41. The first-order valence-corrected chi connectivity index (χ1v) is 7.39. The molecule has 1 aromatic heterocycles. The number of hydrogen-bond donors (Lipinski definition) is 2. The Morgan fingerprint density at radius 3 is 2.54 bits per heavy atom. The molecule has 0 saturated heterocycles. The minimum Gasteiger partial charge on any atom is -0.496 e. The monoisotopic (exact) mass is 344 g/mol. The van der Waals surface area contributed by atoms with Crippen LogP contribution in [0.5, 0.6) is 5.75 Å². The van der Waals surface area contributed by atoms with E-state index in [1.165, 1.54) is 19.2 Å². The van der Waals surface area contributed by atoms with Crippen molar-refractivity contribution in [2.45, 2.75) is 0 Å². The minimum absolute atomic E-state index is 0.0968. The summed E-state index contributed by atoms with van der Waals surface area (Å²) in [5, 5.41) is 1.24. The molecule has 0 radical (unpaired) electrons. The van der Waals surface area contributed by atoms with E-state index in [-0.39, 0.29) is 11.3 Å². The third-order valence-corrected chi connectivity index (χ3v) is 3.58. The van der Waals surface area contributed by atoms with E-state index in [2.05, 4.69) is 10.9 Å². The Labute approximate surface area is 142 Å². The van der Waals surface area contributed by atoms with E-state index >= 15 is 0 Å². The molecule has 2 N–H and O–H groups in total. The molecule has 7 heteroatoms. The third-order valence-electron chi connectivity index (χ3n) is 3.35. The maximum absolute atomic E-state index is 12.2. The van der Waals surface area contributed by atoms with E-state index in [0.29, 0.717) is 16.4 Å². The molecule has 24 heavy (non-hydrogen) atoms. The second-order valence-electron chi connectivity index (χ2n) is 4.90. The number of para-hydroxylation sites is 1. The fraction of sp³-hybridized carbons (Fsp3) is 0.0588. The van der Waals surface area contributed by atoms with Gasteiger partial charge in [0.1, 0.15) is 11.3 Å². The lowest BCUT2D eigenvalue weighted by Gasteiger charge is -2.09. The summed E-state index contributed by atoms with van der Waals surface area (Å²) in [4.78, 5) is 24.3. The van der Waals surface area contributed by atoms with Gasteiger partial charge in [-0.3, -0.25) is 20.4 Å². The zero-order chi connectivity index (χ0) is 17.1. The van der Waals surface area contributed by atoms with Crippen molar-refractivity contribution in [2.75, 3.05) is 7.11 Å². The lowest BCUT2D eigenvalue weighted by molar-refractivity contribution is 0.0830. The Balaban J connectivity index is 1.71. The highest BCUT2D eigenvalue weighted by Crippen LogP contribution is 2.23. The molecule has 3 aromatic rings. The first kappa shape index (κ1) is 15.9. The highest BCUT2D eigenvalue weighted by molar-refractivity contribution is 6.30. The minimum atomic E-state index is -0.563. The zero-order valence-electron chi connectivity index (χ0n) is 12.6. The SMILES string of the molecule is COc1cc(Cl)ccc1C(=O)NNC(=O)c1cc2ccccc2o1. The van der Waals surface area contributed by atoms with Crippen LogP contribution in [0.15, 0.2) is 52.9 Å². The number of hydrazine groups is 1. The molecule has 0 spiro atoms. The first-order valence-electron chi connectivity index (χ1n) is 7.01. The average molecular weight is 345 g/mol. The van der Waals surface area contributed by atoms with Crippen LogP contribution in [-0.2, 0) is 0 Å². The first-order chi connectivity index (χ1) is 11.6. The summed E-state index contributed by atoms with van der Waals surface area (Å²) in [6, 6.07) is 13.4. The Kier molecular flexibility index (Phi) is 4.39. The number of hydrogen-bond acceptors (Lipinski definition) is 4. The molecule has 2 amide bonds. The normalized spacial score (nSPS) is 10.4. The number of halogens is 1. The third kappa shape index (κ3) is 3.18. The van der Waals surface area contributed by atoms with Gasteiger partial charge >= 0.3 is 5.91 Å². The van der Waals surface area contributed by atoms with Crippen LogP contribution in [0.2, 0.25) is 5.02 Å². The van der Waals surface area contributed by atoms with Gasteiger partial charge in [0.2, 0.25) is 0 Å². The predicted octanol–water partition coefficient (Wildman–Crippen LogP) is 3.17. The van der Waals surface area contributed by atoms with Crippen molar-refractivity contribution < 1.29 is 18.7 Å². The summed E-state index contributed by atoms with van der Waals surface area (Å²) in [5.41, 5.74) is 5.45. The molecule has 0 aliphatic heterocycles. The quantitative estimate of drug-likeness (QED) is 0.715. The number of ether oxygens (including phenoxy) is 1. The van der Waals surface area contributed by atoms with Gasteiger partial charge in [-0.25, -0.2) is 0 Å². The highest BCUT2D eigenvalue weighted by atomic mass is 35.5. The van der Waals surface area contributed by atoms with E-state index in [9.17, 15) is 9.59 Å². The van der Waals surface area contributed by atoms with Gasteiger partial charge in [-0.2, -0.15) is 0 Å². The summed E-state index contributed by atoms with van der Waals surface area (Å²) >= 11 is 5.85. The molecular formula is C17H13ClN2O4. The van der Waals surface area contributed by atoms with Crippen LogP contribution in [0.1, 0.15) is 20.9 Å². The van der Waals surface area contributed by atoms with Crippen LogP contribution in [-0.4, -0.2) is 18.9 Å². The van der Waals surface area contributed by atoms with Crippen LogP contribution in [0.4, 0.5) is 0 Å². The maximum atomic E-state index is 12.2. The Hall–Kier alpha value is -2.99. The van der Waals surface area contributed by atoms with Crippen molar-refractivity contribution in [3.05, 3.63) is 64.9 Å². The molecule has 1 heterocycles. The average Bonchev–Trinajstić information content (AvgIpc) is 3.03. The number of carbonyl (C=O) groups is 2. The zero-order valence-corrected chi connectivity index (χ0v) is 13.4. The number of fused-ring (bicyclic) bond motifs is 1. The number of rotatable bonds is 3. The van der Waals surface area contributed by atoms with Gasteiger partial charge < -0.3 is 9.15 Å². The van der Waals surface area contributed by atoms with Crippen molar-refractivity contribution in [3.63, 3.8) is 0 Å². The number of nitrogens with one attached hydrogen (secondary N) is 2. The molecule has 0 fully saturated rings. The van der Waals surface area contributed by atoms with E-state index in [1.807, 2.05) is 18.2 Å². The molecule has 0 aliphatic rings. The standard InChI is InChI=1S/C17H13ClN2O4/c1-23-14-9-11(18)6-7-12(14)16(21)19-20-17(22)15-8-10-4-2-3-5-13(10)24-15/h2-9H,1H3,(H,19,21)(H,20,22). The molecule has 6 nitrogen and oxygen atoms in total. The second kappa shape index (κ2) is 6.64. The predicted molar refractivity (Wildman–Crippen MR) is 89.2 cm³/mol. The number of methoxy groups -OCH3 is 1. The van der Waals surface area contributed by atoms with E-state index in [0.717, 1.165) is 5.39 Å². The van der Waals surface area contributed by atoms with Crippen molar-refractivity contribution in [2.24, 2.45) is 0 Å². The van der Waals surface area contributed by atoms with Crippen molar-refractivity contribution in [1.29, 1.82) is 0 Å². The van der Waals surface area contributed by atoms with Crippen LogP contribution >= 0.6 is 11.6 Å². The fourth-order valence-corrected chi connectivity index (χ4v) is 2.35. The molecule has 0 bridgehead atoms. The van der Waals surface area contributed by atoms with E-state index in [4.69, 9.17) is 20.8 Å². The van der Waals surface area contributed by atoms with Crippen molar-refractivity contribution in [1.82, 2.24) is 10.9 Å². The molecule has 3 rings (SSSR count). The molecule has 0 aliphatic carbocycles. The van der Waals surface area contributed by atoms with E-state index in [1.54, 1.807) is 18.2 Å². The summed E-state index contributed by atoms with van der Waals surface area (Å²) in [6.45, 7) is 0.